The third-order valence-corrected chi connectivity index (χ3v) is 4.76. The number of hydrogen-bond donors (Lipinski definition) is 1. The summed E-state index contributed by atoms with van der Waals surface area (Å²) in [6.07, 6.45) is -3.53. The predicted molar refractivity (Wildman–Crippen MR) is 97.1 cm³/mol. The monoisotopic (exact) mass is 432 g/mol. The Labute approximate surface area is 167 Å². The Morgan fingerprint density at radius 2 is 2.14 bits per heavy atom. The van der Waals surface area contributed by atoms with E-state index in [1.54, 1.807) is 0 Å². The van der Waals surface area contributed by atoms with Crippen LogP contribution < -0.4 is 10.1 Å². The third-order valence-electron chi connectivity index (χ3n) is 4.39. The quantitative estimate of drug-likeness (QED) is 0.517. The lowest BCUT2D eigenvalue weighted by Crippen LogP contribution is -2.17. The summed E-state index contributed by atoms with van der Waals surface area (Å²) in [5.41, 5.74) is -1.31. The van der Waals surface area contributed by atoms with Crippen LogP contribution >= 0.6 is 11.6 Å². The van der Waals surface area contributed by atoms with Gasteiger partial charge in [0.1, 0.15) is 11.4 Å². The standard InChI is InChI=1S/C17H16ClF3N4O4/c1-29-10-4-5-11(12(8-10)25(27)28)22-13(26)6-7-24-15(9-2-3-9)14(18)16(23-24)17(19,20)21/h4-5,8-9H,2-3,6-7H2,1H3,(H,22,26). The number of nitrogens with one attached hydrogen (secondary N) is 1. The molecule has 1 saturated carbocycles. The number of hydrogen-bond acceptors (Lipinski definition) is 5. The Hall–Kier alpha value is -2.82. The molecule has 1 aromatic heterocycles. The van der Waals surface area contributed by atoms with Gasteiger partial charge in [-0.25, -0.2) is 0 Å². The van der Waals surface area contributed by atoms with E-state index in [1.807, 2.05) is 0 Å². The Bertz CT molecular complexity index is 957. The van der Waals surface area contributed by atoms with E-state index in [2.05, 4.69) is 10.4 Å². The van der Waals surface area contributed by atoms with Gasteiger partial charge in [0.2, 0.25) is 5.91 Å². The van der Waals surface area contributed by atoms with Crippen LogP contribution in [0.3, 0.4) is 0 Å². The van der Waals surface area contributed by atoms with Gasteiger partial charge in [-0.2, -0.15) is 18.3 Å². The zero-order valence-corrected chi connectivity index (χ0v) is 15.9. The lowest BCUT2D eigenvalue weighted by Gasteiger charge is -2.09. The van der Waals surface area contributed by atoms with Crippen LogP contribution in [0.25, 0.3) is 0 Å². The van der Waals surface area contributed by atoms with Crippen LogP contribution in [0.5, 0.6) is 5.75 Å². The maximum absolute atomic E-state index is 13.1. The molecule has 1 amide bonds. The number of carbonyl (C=O) groups excluding carboxylic acids is 1. The van der Waals surface area contributed by atoms with Crippen molar-refractivity contribution < 1.29 is 27.6 Å². The average molecular weight is 433 g/mol. The molecule has 0 atom stereocenters. The lowest BCUT2D eigenvalue weighted by molar-refractivity contribution is -0.384. The molecule has 1 aliphatic rings. The number of rotatable bonds is 7. The Balaban J connectivity index is 1.74. The number of aryl methyl sites for hydroxylation is 1. The van der Waals surface area contributed by atoms with E-state index in [0.29, 0.717) is 12.8 Å². The molecule has 1 heterocycles. The number of alkyl halides is 3. The Morgan fingerprint density at radius 1 is 1.45 bits per heavy atom. The summed E-state index contributed by atoms with van der Waals surface area (Å²) in [6.45, 7) is -0.141. The van der Waals surface area contributed by atoms with Crippen LogP contribution in [0.4, 0.5) is 24.5 Å². The van der Waals surface area contributed by atoms with Gasteiger partial charge in [0.05, 0.1) is 35.4 Å². The summed E-state index contributed by atoms with van der Waals surface area (Å²) in [5, 5.41) is 16.7. The number of methoxy groups -OCH3 is 1. The first kappa shape index (κ1) is 20.9. The number of nitro groups is 1. The molecule has 0 bridgehead atoms. The first-order chi connectivity index (χ1) is 13.6. The highest BCUT2D eigenvalue weighted by Gasteiger charge is 2.42. The van der Waals surface area contributed by atoms with Crippen LogP contribution in [-0.4, -0.2) is 27.7 Å². The maximum Gasteiger partial charge on any atom is 0.436 e. The SMILES string of the molecule is COc1ccc(NC(=O)CCn2nc(C(F)(F)F)c(Cl)c2C2CC2)c([N+](=O)[O-])c1. The van der Waals surface area contributed by atoms with Crippen LogP contribution in [0.1, 0.15) is 36.6 Å². The van der Waals surface area contributed by atoms with Crippen LogP contribution in [0.2, 0.25) is 5.02 Å². The summed E-state index contributed by atoms with van der Waals surface area (Å²) in [4.78, 5) is 22.7. The topological polar surface area (TPSA) is 99.3 Å². The van der Waals surface area contributed by atoms with Gasteiger partial charge in [-0.05, 0) is 25.0 Å². The summed E-state index contributed by atoms with van der Waals surface area (Å²) in [5.74, 6) is -0.480. The molecule has 2 aromatic rings. The third kappa shape index (κ3) is 4.61. The second kappa shape index (κ2) is 7.90. The van der Waals surface area contributed by atoms with Crippen molar-refractivity contribution in [1.82, 2.24) is 9.78 Å². The van der Waals surface area contributed by atoms with Crippen LogP contribution in [0, 0.1) is 10.1 Å². The van der Waals surface area contributed by atoms with Gasteiger partial charge in [-0.3, -0.25) is 19.6 Å². The van der Waals surface area contributed by atoms with Crippen molar-refractivity contribution in [2.45, 2.75) is 37.9 Å². The molecule has 156 valence electrons. The van der Waals surface area contributed by atoms with Gasteiger partial charge in [0.25, 0.3) is 5.69 Å². The molecule has 0 unspecified atom stereocenters. The molecule has 12 heteroatoms. The highest BCUT2D eigenvalue weighted by atomic mass is 35.5. The largest absolute Gasteiger partial charge is 0.496 e. The van der Waals surface area contributed by atoms with E-state index < -0.39 is 27.7 Å². The minimum Gasteiger partial charge on any atom is -0.496 e. The molecule has 0 spiro atoms. The Morgan fingerprint density at radius 3 is 2.69 bits per heavy atom. The molecule has 1 N–H and O–H groups in total. The van der Waals surface area contributed by atoms with E-state index >= 15 is 0 Å². The molecule has 1 fully saturated rings. The number of nitro benzene ring substituents is 1. The summed E-state index contributed by atoms with van der Waals surface area (Å²) >= 11 is 5.89. The normalized spacial score (nSPS) is 14.0. The average Bonchev–Trinajstić information content (AvgIpc) is 3.42. The highest BCUT2D eigenvalue weighted by Crippen LogP contribution is 2.46. The fourth-order valence-electron chi connectivity index (χ4n) is 2.87. The van der Waals surface area contributed by atoms with Gasteiger partial charge < -0.3 is 10.1 Å². The van der Waals surface area contributed by atoms with Crippen molar-refractivity contribution in [3.63, 3.8) is 0 Å². The molecular formula is C17H16ClF3N4O4. The molecular weight excluding hydrogens is 417 g/mol. The Kier molecular flexibility index (Phi) is 5.69. The first-order valence-corrected chi connectivity index (χ1v) is 8.95. The van der Waals surface area contributed by atoms with Crippen molar-refractivity contribution >= 4 is 28.9 Å². The molecule has 1 aliphatic carbocycles. The van der Waals surface area contributed by atoms with Crippen molar-refractivity contribution in [2.75, 3.05) is 12.4 Å². The predicted octanol–water partition coefficient (Wildman–Crippen LogP) is 4.38. The zero-order valence-electron chi connectivity index (χ0n) is 15.1. The molecule has 0 saturated heterocycles. The number of carbonyl (C=O) groups is 1. The van der Waals surface area contributed by atoms with E-state index in [1.165, 1.54) is 19.2 Å². The molecule has 0 aliphatic heterocycles. The minimum atomic E-state index is -4.70. The zero-order chi connectivity index (χ0) is 21.3. The lowest BCUT2D eigenvalue weighted by atomic mass is 10.2. The van der Waals surface area contributed by atoms with Gasteiger partial charge in [0, 0.05) is 12.3 Å². The number of benzene rings is 1. The van der Waals surface area contributed by atoms with Crippen molar-refractivity contribution in [3.8, 4) is 5.75 Å². The van der Waals surface area contributed by atoms with Crippen molar-refractivity contribution in [2.24, 2.45) is 0 Å². The summed E-state index contributed by atoms with van der Waals surface area (Å²) in [7, 11) is 1.35. The maximum atomic E-state index is 13.1. The number of amides is 1. The number of aromatic nitrogens is 2. The van der Waals surface area contributed by atoms with Crippen LogP contribution in [0.15, 0.2) is 18.2 Å². The number of ether oxygens (including phenoxy) is 1. The first-order valence-electron chi connectivity index (χ1n) is 8.57. The fourth-order valence-corrected chi connectivity index (χ4v) is 3.26. The molecule has 29 heavy (non-hydrogen) atoms. The number of nitrogens with zero attached hydrogens (tertiary/aromatic N) is 3. The molecule has 8 nitrogen and oxygen atoms in total. The number of anilines is 1. The van der Waals surface area contributed by atoms with Crippen molar-refractivity contribution in [3.05, 3.63) is 44.7 Å². The minimum absolute atomic E-state index is 0.0438. The van der Waals surface area contributed by atoms with Crippen LogP contribution in [-0.2, 0) is 17.5 Å². The summed E-state index contributed by atoms with van der Waals surface area (Å²) in [6, 6.07) is 3.91. The fraction of sp³-hybridized carbons (Fsp3) is 0.412. The molecule has 3 rings (SSSR count). The van der Waals surface area contributed by atoms with Gasteiger partial charge in [0.15, 0.2) is 5.69 Å². The van der Waals surface area contributed by atoms with E-state index in [4.69, 9.17) is 16.3 Å². The van der Waals surface area contributed by atoms with Gasteiger partial charge >= 0.3 is 6.18 Å². The molecule has 0 radical (unpaired) electrons. The van der Waals surface area contributed by atoms with E-state index in [0.717, 1.165) is 10.7 Å². The van der Waals surface area contributed by atoms with E-state index in [9.17, 15) is 28.1 Å². The van der Waals surface area contributed by atoms with E-state index in [-0.39, 0.29) is 41.7 Å². The molecule has 1 aromatic carbocycles. The number of halogens is 4. The summed E-state index contributed by atoms with van der Waals surface area (Å²) < 4.78 is 45.3. The second-order valence-electron chi connectivity index (χ2n) is 6.48. The smallest absolute Gasteiger partial charge is 0.436 e. The van der Waals surface area contributed by atoms with Gasteiger partial charge in [-0.1, -0.05) is 11.6 Å². The second-order valence-corrected chi connectivity index (χ2v) is 6.86. The van der Waals surface area contributed by atoms with Crippen molar-refractivity contribution in [1.29, 1.82) is 0 Å². The van der Waals surface area contributed by atoms with Gasteiger partial charge in [-0.15, -0.1) is 0 Å². The highest BCUT2D eigenvalue weighted by molar-refractivity contribution is 6.32.